The molecule has 2 aliphatic heterocycles. The first-order chi connectivity index (χ1) is 15.8. The van der Waals surface area contributed by atoms with E-state index in [1.807, 2.05) is 4.90 Å². The predicted molar refractivity (Wildman–Crippen MR) is 120 cm³/mol. The molecule has 180 valence electrons. The van der Waals surface area contributed by atoms with Gasteiger partial charge < -0.3 is 19.3 Å². The molecular formula is C23H31N3O7. The molecule has 2 fully saturated rings. The number of anilines is 1. The molecule has 10 nitrogen and oxygen atoms in total. The van der Waals surface area contributed by atoms with Gasteiger partial charge in [0.25, 0.3) is 11.6 Å². The van der Waals surface area contributed by atoms with E-state index in [-0.39, 0.29) is 29.0 Å². The first-order valence-electron chi connectivity index (χ1n) is 11.4. The van der Waals surface area contributed by atoms with Crippen LogP contribution in [-0.2, 0) is 19.1 Å². The molecule has 2 heterocycles. The molecule has 0 bridgehead atoms. The van der Waals surface area contributed by atoms with Crippen molar-refractivity contribution in [1.29, 1.82) is 0 Å². The number of nitro benzene ring substituents is 1. The number of nitro groups is 1. The number of likely N-dealkylation sites (tertiary alicyclic amines) is 1. The Labute approximate surface area is 193 Å². The summed E-state index contributed by atoms with van der Waals surface area (Å²) < 4.78 is 10.2. The quantitative estimate of drug-likeness (QED) is 0.345. The molecular weight excluding hydrogens is 430 g/mol. The second-order valence-corrected chi connectivity index (χ2v) is 8.61. The molecule has 0 N–H and O–H groups in total. The van der Waals surface area contributed by atoms with Crippen molar-refractivity contribution in [1.82, 2.24) is 4.90 Å². The molecule has 3 rings (SSSR count). The van der Waals surface area contributed by atoms with Gasteiger partial charge in [-0.3, -0.25) is 19.7 Å². The van der Waals surface area contributed by atoms with Crippen LogP contribution in [-0.4, -0.2) is 67.1 Å². The van der Waals surface area contributed by atoms with Crippen molar-refractivity contribution in [2.75, 3.05) is 44.3 Å². The zero-order valence-electron chi connectivity index (χ0n) is 19.2. The van der Waals surface area contributed by atoms with Gasteiger partial charge in [-0.2, -0.15) is 0 Å². The molecule has 1 aromatic rings. The van der Waals surface area contributed by atoms with Crippen LogP contribution in [0.25, 0.3) is 0 Å². The highest BCUT2D eigenvalue weighted by Gasteiger charge is 2.29. The van der Waals surface area contributed by atoms with Gasteiger partial charge in [0.15, 0.2) is 6.61 Å². The lowest BCUT2D eigenvalue weighted by Crippen LogP contribution is -2.42. The maximum Gasteiger partial charge on any atom is 0.338 e. The van der Waals surface area contributed by atoms with Gasteiger partial charge in [0.1, 0.15) is 5.69 Å². The number of amides is 1. The zero-order valence-corrected chi connectivity index (χ0v) is 19.2. The van der Waals surface area contributed by atoms with Crippen molar-refractivity contribution in [3.8, 4) is 0 Å². The van der Waals surface area contributed by atoms with Gasteiger partial charge in [0, 0.05) is 32.2 Å². The molecule has 33 heavy (non-hydrogen) atoms. The summed E-state index contributed by atoms with van der Waals surface area (Å²) in [5, 5.41) is 11.6. The number of rotatable bonds is 7. The normalized spacial score (nSPS) is 17.5. The van der Waals surface area contributed by atoms with E-state index in [2.05, 4.69) is 6.92 Å². The second-order valence-electron chi connectivity index (χ2n) is 8.61. The Morgan fingerprint density at radius 2 is 1.73 bits per heavy atom. The minimum absolute atomic E-state index is 0.0321. The predicted octanol–water partition coefficient (Wildman–Crippen LogP) is 2.79. The van der Waals surface area contributed by atoms with Crippen molar-refractivity contribution >= 4 is 29.2 Å². The minimum atomic E-state index is -0.785. The fourth-order valence-corrected chi connectivity index (χ4v) is 4.24. The van der Waals surface area contributed by atoms with Crippen LogP contribution in [0.5, 0.6) is 0 Å². The van der Waals surface area contributed by atoms with Gasteiger partial charge in [-0.1, -0.05) is 6.92 Å². The van der Waals surface area contributed by atoms with Crippen molar-refractivity contribution in [3.63, 3.8) is 0 Å². The average Bonchev–Trinajstić information content (AvgIpc) is 2.82. The Bertz CT molecular complexity index is 888. The number of hydrogen-bond acceptors (Lipinski definition) is 8. The number of carbonyl (C=O) groups excluding carboxylic acids is 3. The van der Waals surface area contributed by atoms with Gasteiger partial charge >= 0.3 is 11.9 Å². The van der Waals surface area contributed by atoms with E-state index in [1.54, 1.807) is 17.9 Å². The Hall–Kier alpha value is -3.17. The fourth-order valence-electron chi connectivity index (χ4n) is 4.24. The average molecular weight is 462 g/mol. The molecule has 0 spiro atoms. The first-order valence-corrected chi connectivity index (χ1v) is 11.4. The summed E-state index contributed by atoms with van der Waals surface area (Å²) in [6.07, 6.45) is 2.92. The van der Waals surface area contributed by atoms with E-state index in [1.165, 1.54) is 12.1 Å². The summed E-state index contributed by atoms with van der Waals surface area (Å²) in [5.41, 5.74) is 0.375. The number of esters is 2. The van der Waals surface area contributed by atoms with E-state index in [4.69, 9.17) is 9.47 Å². The number of carbonyl (C=O) groups is 3. The summed E-state index contributed by atoms with van der Waals surface area (Å²) in [4.78, 5) is 51.3. The SMILES string of the molecule is CCOC(=O)C1CCN(C(=O)COC(=O)c2ccc(N3CCC(C)CC3)c([N+](=O)[O-])c2)CC1. The van der Waals surface area contributed by atoms with E-state index in [0.717, 1.165) is 25.9 Å². The number of piperidine rings is 2. The van der Waals surface area contributed by atoms with Gasteiger partial charge in [-0.15, -0.1) is 0 Å². The lowest BCUT2D eigenvalue weighted by Gasteiger charge is -2.31. The smallest absolute Gasteiger partial charge is 0.338 e. The van der Waals surface area contributed by atoms with Crippen molar-refractivity contribution in [3.05, 3.63) is 33.9 Å². The van der Waals surface area contributed by atoms with Crippen LogP contribution in [0.3, 0.4) is 0 Å². The van der Waals surface area contributed by atoms with Crippen LogP contribution in [0.4, 0.5) is 11.4 Å². The van der Waals surface area contributed by atoms with Gasteiger partial charge in [0.05, 0.1) is 23.0 Å². The number of hydrogen-bond donors (Lipinski definition) is 0. The zero-order chi connectivity index (χ0) is 24.0. The standard InChI is InChI=1S/C23H31N3O7/c1-3-32-22(28)17-8-12-25(13-9-17)21(27)15-33-23(29)18-4-5-19(20(14-18)26(30)31)24-10-6-16(2)7-11-24/h4-5,14,16-17H,3,6-13,15H2,1-2H3. The Balaban J connectivity index is 1.56. The van der Waals surface area contributed by atoms with Crippen molar-refractivity contribution < 1.29 is 28.8 Å². The van der Waals surface area contributed by atoms with Crippen LogP contribution in [0, 0.1) is 22.0 Å². The van der Waals surface area contributed by atoms with Crippen LogP contribution in [0.1, 0.15) is 49.9 Å². The summed E-state index contributed by atoms with van der Waals surface area (Å²) >= 11 is 0. The third kappa shape index (κ3) is 6.21. The fraction of sp³-hybridized carbons (Fsp3) is 0.609. The summed E-state index contributed by atoms with van der Waals surface area (Å²) in [6, 6.07) is 4.29. The molecule has 1 amide bonds. The molecule has 10 heteroatoms. The lowest BCUT2D eigenvalue weighted by molar-refractivity contribution is -0.384. The molecule has 2 saturated heterocycles. The number of ether oxygens (including phenoxy) is 2. The molecule has 2 aliphatic rings. The van der Waals surface area contributed by atoms with Crippen LogP contribution >= 0.6 is 0 Å². The largest absolute Gasteiger partial charge is 0.466 e. The van der Waals surface area contributed by atoms with Crippen molar-refractivity contribution in [2.24, 2.45) is 11.8 Å². The van der Waals surface area contributed by atoms with Crippen molar-refractivity contribution in [2.45, 2.75) is 39.5 Å². The highest BCUT2D eigenvalue weighted by molar-refractivity contribution is 5.93. The first kappa shape index (κ1) is 24.5. The van der Waals surface area contributed by atoms with E-state index >= 15 is 0 Å². The molecule has 0 unspecified atom stereocenters. The van der Waals surface area contributed by atoms with Gasteiger partial charge in [-0.05, 0) is 50.7 Å². The maximum absolute atomic E-state index is 12.5. The van der Waals surface area contributed by atoms with Gasteiger partial charge in [0.2, 0.25) is 0 Å². The van der Waals surface area contributed by atoms with Gasteiger partial charge in [-0.25, -0.2) is 4.79 Å². The molecule has 1 aromatic carbocycles. The summed E-state index contributed by atoms with van der Waals surface area (Å²) in [5.74, 6) is -1.03. The maximum atomic E-state index is 12.5. The molecule has 0 aliphatic carbocycles. The molecule has 0 aromatic heterocycles. The lowest BCUT2D eigenvalue weighted by atomic mass is 9.97. The van der Waals surface area contributed by atoms with Crippen LogP contribution in [0.2, 0.25) is 0 Å². The Morgan fingerprint density at radius 1 is 1.06 bits per heavy atom. The molecule has 0 saturated carbocycles. The highest BCUT2D eigenvalue weighted by atomic mass is 16.6. The molecule has 0 radical (unpaired) electrons. The third-order valence-electron chi connectivity index (χ3n) is 6.33. The number of benzene rings is 1. The van der Waals surface area contributed by atoms with E-state index < -0.39 is 17.5 Å². The Kier molecular flexibility index (Phi) is 8.24. The second kappa shape index (κ2) is 11.1. The summed E-state index contributed by atoms with van der Waals surface area (Å²) in [7, 11) is 0. The van der Waals surface area contributed by atoms with E-state index in [0.29, 0.717) is 44.1 Å². The summed E-state index contributed by atoms with van der Waals surface area (Å²) in [6.45, 7) is 6.01. The third-order valence-corrected chi connectivity index (χ3v) is 6.33. The number of nitrogens with zero attached hydrogens (tertiary/aromatic N) is 3. The van der Waals surface area contributed by atoms with Crippen LogP contribution in [0.15, 0.2) is 18.2 Å². The highest BCUT2D eigenvalue weighted by Crippen LogP contribution is 2.32. The monoisotopic (exact) mass is 461 g/mol. The van der Waals surface area contributed by atoms with Crippen LogP contribution < -0.4 is 4.90 Å². The minimum Gasteiger partial charge on any atom is -0.466 e. The molecule has 0 atom stereocenters. The van der Waals surface area contributed by atoms with E-state index in [9.17, 15) is 24.5 Å². The Morgan fingerprint density at radius 3 is 2.33 bits per heavy atom. The topological polar surface area (TPSA) is 119 Å².